The van der Waals surface area contributed by atoms with Gasteiger partial charge in [0.1, 0.15) is 9.98 Å². The number of thiophene rings is 1. The molecule has 2 aromatic rings. The molecule has 0 fully saturated rings. The van der Waals surface area contributed by atoms with E-state index < -0.39 is 0 Å². The lowest BCUT2D eigenvalue weighted by atomic mass is 10.2. The van der Waals surface area contributed by atoms with Crippen LogP contribution in [0.25, 0.3) is 10.2 Å². The van der Waals surface area contributed by atoms with Crippen molar-refractivity contribution in [2.75, 3.05) is 0 Å². The highest BCUT2D eigenvalue weighted by Gasteiger charge is 2.05. The van der Waals surface area contributed by atoms with Crippen LogP contribution in [-0.2, 0) is 0 Å². The van der Waals surface area contributed by atoms with Gasteiger partial charge in [0.2, 0.25) is 0 Å². The molecule has 0 aliphatic carbocycles. The molecule has 2 rings (SSSR count). The molecular formula is C9H8ClNS. The lowest BCUT2D eigenvalue weighted by molar-refractivity contribution is 1.42. The Morgan fingerprint density at radius 1 is 1.33 bits per heavy atom. The highest BCUT2D eigenvalue weighted by molar-refractivity contribution is 7.18. The predicted octanol–water partition coefficient (Wildman–Crippen LogP) is 3.57. The second-order valence-electron chi connectivity index (χ2n) is 2.77. The van der Waals surface area contributed by atoms with Crippen molar-refractivity contribution in [3.63, 3.8) is 0 Å². The number of rotatable bonds is 0. The fraction of sp³-hybridized carbons (Fsp3) is 0.222. The summed E-state index contributed by atoms with van der Waals surface area (Å²) in [7, 11) is 0. The molecular weight excluding hydrogens is 190 g/mol. The average Bonchev–Trinajstić information content (AvgIpc) is 2.28. The van der Waals surface area contributed by atoms with E-state index in [1.807, 2.05) is 12.1 Å². The smallest absolute Gasteiger partial charge is 0.130 e. The topological polar surface area (TPSA) is 12.9 Å². The van der Waals surface area contributed by atoms with Crippen molar-refractivity contribution >= 4 is 33.2 Å². The molecule has 0 unspecified atom stereocenters. The quantitative estimate of drug-likeness (QED) is 0.589. The van der Waals surface area contributed by atoms with Crippen molar-refractivity contribution in [3.05, 3.63) is 27.7 Å². The summed E-state index contributed by atoms with van der Waals surface area (Å²) in [6, 6.07) is 3.87. The number of aryl methyl sites for hydroxylation is 2. The summed E-state index contributed by atoms with van der Waals surface area (Å²) in [4.78, 5) is 6.60. The summed E-state index contributed by atoms with van der Waals surface area (Å²) in [6.45, 7) is 4.22. The Morgan fingerprint density at radius 2 is 2.08 bits per heavy atom. The van der Waals surface area contributed by atoms with Gasteiger partial charge in [-0.2, -0.15) is 0 Å². The van der Waals surface area contributed by atoms with Crippen LogP contribution < -0.4 is 0 Å². The Labute approximate surface area is 80.0 Å². The van der Waals surface area contributed by atoms with E-state index >= 15 is 0 Å². The number of aromatic nitrogens is 1. The van der Waals surface area contributed by atoms with Crippen LogP contribution in [0.15, 0.2) is 12.1 Å². The molecule has 0 radical (unpaired) electrons. The van der Waals surface area contributed by atoms with Crippen LogP contribution in [-0.4, -0.2) is 4.98 Å². The largest absolute Gasteiger partial charge is 0.225 e. The molecule has 62 valence electrons. The number of pyridine rings is 1. The summed E-state index contributed by atoms with van der Waals surface area (Å²) in [6.07, 6.45) is 0. The molecule has 0 saturated heterocycles. The first-order valence-corrected chi connectivity index (χ1v) is 4.90. The van der Waals surface area contributed by atoms with E-state index in [0.717, 1.165) is 4.83 Å². The number of halogens is 1. The van der Waals surface area contributed by atoms with Crippen LogP contribution in [0.2, 0.25) is 5.15 Å². The van der Waals surface area contributed by atoms with Gasteiger partial charge in [-0.3, -0.25) is 0 Å². The first-order chi connectivity index (χ1) is 5.68. The molecule has 0 bridgehead atoms. The Hall–Kier alpha value is -0.600. The Bertz CT molecular complexity index is 433. The minimum Gasteiger partial charge on any atom is -0.225 e. The van der Waals surface area contributed by atoms with Gasteiger partial charge in [-0.25, -0.2) is 4.98 Å². The van der Waals surface area contributed by atoms with Gasteiger partial charge in [0, 0.05) is 10.3 Å². The van der Waals surface area contributed by atoms with Gasteiger partial charge in [0.05, 0.1) is 0 Å². The van der Waals surface area contributed by atoms with Gasteiger partial charge in [0.15, 0.2) is 0 Å². The van der Waals surface area contributed by atoms with Crippen LogP contribution in [0, 0.1) is 13.8 Å². The van der Waals surface area contributed by atoms with Crippen LogP contribution >= 0.6 is 22.9 Å². The number of fused-ring (bicyclic) bond motifs is 1. The SMILES string of the molecule is Cc1sc2nc(Cl)ccc2c1C. The molecule has 0 N–H and O–H groups in total. The van der Waals surface area contributed by atoms with Gasteiger partial charge in [0.25, 0.3) is 0 Å². The molecule has 0 aliphatic heterocycles. The van der Waals surface area contributed by atoms with Gasteiger partial charge in [-0.05, 0) is 31.5 Å². The summed E-state index contributed by atoms with van der Waals surface area (Å²) >= 11 is 7.47. The first-order valence-electron chi connectivity index (χ1n) is 3.71. The van der Waals surface area contributed by atoms with Gasteiger partial charge < -0.3 is 0 Å². The van der Waals surface area contributed by atoms with Crippen molar-refractivity contribution in [3.8, 4) is 0 Å². The van der Waals surface area contributed by atoms with Crippen LogP contribution in [0.1, 0.15) is 10.4 Å². The third-order valence-electron chi connectivity index (χ3n) is 2.01. The minimum absolute atomic E-state index is 0.573. The van der Waals surface area contributed by atoms with Gasteiger partial charge in [-0.15, -0.1) is 11.3 Å². The maximum atomic E-state index is 5.78. The summed E-state index contributed by atoms with van der Waals surface area (Å²) < 4.78 is 0. The number of hydrogen-bond acceptors (Lipinski definition) is 2. The fourth-order valence-corrected chi connectivity index (χ4v) is 2.42. The first kappa shape index (κ1) is 8.02. The van der Waals surface area contributed by atoms with Gasteiger partial charge in [-0.1, -0.05) is 11.6 Å². The number of hydrogen-bond donors (Lipinski definition) is 0. The zero-order valence-electron chi connectivity index (χ0n) is 6.89. The van der Waals surface area contributed by atoms with E-state index in [0.29, 0.717) is 5.15 Å². The lowest BCUT2D eigenvalue weighted by Crippen LogP contribution is -1.74. The molecule has 2 heterocycles. The minimum atomic E-state index is 0.573. The zero-order valence-corrected chi connectivity index (χ0v) is 8.46. The van der Waals surface area contributed by atoms with E-state index in [1.54, 1.807) is 11.3 Å². The maximum Gasteiger partial charge on any atom is 0.130 e. The summed E-state index contributed by atoms with van der Waals surface area (Å²) in [5.74, 6) is 0. The second-order valence-corrected chi connectivity index (χ2v) is 4.36. The molecule has 0 saturated carbocycles. The third-order valence-corrected chi connectivity index (χ3v) is 3.34. The van der Waals surface area contributed by atoms with E-state index in [2.05, 4.69) is 18.8 Å². The predicted molar refractivity (Wildman–Crippen MR) is 54.1 cm³/mol. The van der Waals surface area contributed by atoms with E-state index in [4.69, 9.17) is 11.6 Å². The van der Waals surface area contributed by atoms with Crippen molar-refractivity contribution in [1.82, 2.24) is 4.98 Å². The maximum absolute atomic E-state index is 5.78. The fourth-order valence-electron chi connectivity index (χ4n) is 1.19. The molecule has 12 heavy (non-hydrogen) atoms. The molecule has 0 aromatic carbocycles. The lowest BCUT2D eigenvalue weighted by Gasteiger charge is -1.90. The van der Waals surface area contributed by atoms with E-state index in [-0.39, 0.29) is 0 Å². The Balaban J connectivity index is 2.87. The second kappa shape index (κ2) is 2.71. The molecule has 0 aliphatic rings. The molecule has 2 aromatic heterocycles. The Kier molecular flexibility index (Phi) is 1.81. The molecule has 0 amide bonds. The van der Waals surface area contributed by atoms with Crippen LogP contribution in [0.5, 0.6) is 0 Å². The van der Waals surface area contributed by atoms with Crippen molar-refractivity contribution in [2.24, 2.45) is 0 Å². The Morgan fingerprint density at radius 3 is 2.83 bits per heavy atom. The van der Waals surface area contributed by atoms with E-state index in [1.165, 1.54) is 15.8 Å². The molecule has 3 heteroatoms. The highest BCUT2D eigenvalue weighted by atomic mass is 35.5. The normalized spacial score (nSPS) is 10.9. The molecule has 0 spiro atoms. The van der Waals surface area contributed by atoms with Crippen LogP contribution in [0.3, 0.4) is 0 Å². The van der Waals surface area contributed by atoms with Crippen molar-refractivity contribution < 1.29 is 0 Å². The third kappa shape index (κ3) is 1.11. The van der Waals surface area contributed by atoms with Crippen LogP contribution in [0.4, 0.5) is 0 Å². The standard InChI is InChI=1S/C9H8ClNS/c1-5-6(2)12-9-7(5)3-4-8(10)11-9/h3-4H,1-2H3. The molecule has 0 atom stereocenters. The summed E-state index contributed by atoms with van der Waals surface area (Å²) in [5.41, 5.74) is 1.32. The van der Waals surface area contributed by atoms with Crippen molar-refractivity contribution in [1.29, 1.82) is 0 Å². The molecule has 1 nitrogen and oxygen atoms in total. The summed E-state index contributed by atoms with van der Waals surface area (Å²) in [5, 5.41) is 1.80. The number of nitrogens with zero attached hydrogens (tertiary/aromatic N) is 1. The van der Waals surface area contributed by atoms with Crippen molar-refractivity contribution in [2.45, 2.75) is 13.8 Å². The monoisotopic (exact) mass is 197 g/mol. The van der Waals surface area contributed by atoms with Gasteiger partial charge >= 0.3 is 0 Å². The average molecular weight is 198 g/mol. The zero-order chi connectivity index (χ0) is 8.72. The highest BCUT2D eigenvalue weighted by Crippen LogP contribution is 2.29. The van der Waals surface area contributed by atoms with E-state index in [9.17, 15) is 0 Å².